The SMILES string of the molecule is CNC(=O)CCC(O)c1cc(OC)ccc1OC. The van der Waals surface area contributed by atoms with Crippen molar-refractivity contribution < 1.29 is 19.4 Å². The monoisotopic (exact) mass is 253 g/mol. The molecule has 0 aliphatic carbocycles. The van der Waals surface area contributed by atoms with E-state index in [1.807, 2.05) is 0 Å². The molecule has 0 saturated heterocycles. The number of nitrogens with one attached hydrogen (secondary N) is 1. The van der Waals surface area contributed by atoms with E-state index >= 15 is 0 Å². The average Bonchev–Trinajstić information content (AvgIpc) is 2.43. The van der Waals surface area contributed by atoms with Crippen molar-refractivity contribution in [2.75, 3.05) is 21.3 Å². The number of rotatable bonds is 6. The number of hydrogen-bond donors (Lipinski definition) is 2. The summed E-state index contributed by atoms with van der Waals surface area (Å²) >= 11 is 0. The van der Waals surface area contributed by atoms with Gasteiger partial charge in [-0.15, -0.1) is 0 Å². The van der Waals surface area contributed by atoms with Crippen molar-refractivity contribution in [3.63, 3.8) is 0 Å². The molecule has 1 unspecified atom stereocenters. The molecule has 0 aliphatic heterocycles. The highest BCUT2D eigenvalue weighted by Crippen LogP contribution is 2.31. The predicted molar refractivity (Wildman–Crippen MR) is 67.8 cm³/mol. The fraction of sp³-hybridized carbons (Fsp3) is 0.462. The molecular formula is C13H19NO4. The fourth-order valence-electron chi connectivity index (χ4n) is 1.65. The lowest BCUT2D eigenvalue weighted by Gasteiger charge is -2.15. The highest BCUT2D eigenvalue weighted by Gasteiger charge is 2.15. The van der Waals surface area contributed by atoms with Crippen molar-refractivity contribution in [3.05, 3.63) is 23.8 Å². The Morgan fingerprint density at radius 3 is 2.67 bits per heavy atom. The molecule has 0 heterocycles. The number of hydrogen-bond acceptors (Lipinski definition) is 4. The van der Waals surface area contributed by atoms with Crippen molar-refractivity contribution in [2.45, 2.75) is 18.9 Å². The molecule has 2 N–H and O–H groups in total. The van der Waals surface area contributed by atoms with Gasteiger partial charge in [0.2, 0.25) is 5.91 Å². The van der Waals surface area contributed by atoms with Gasteiger partial charge in [0.15, 0.2) is 0 Å². The van der Waals surface area contributed by atoms with Gasteiger partial charge in [-0.05, 0) is 24.6 Å². The van der Waals surface area contributed by atoms with Gasteiger partial charge in [-0.2, -0.15) is 0 Å². The van der Waals surface area contributed by atoms with Gasteiger partial charge in [0.1, 0.15) is 11.5 Å². The Hall–Kier alpha value is -1.75. The largest absolute Gasteiger partial charge is 0.497 e. The van der Waals surface area contributed by atoms with E-state index in [9.17, 15) is 9.90 Å². The Morgan fingerprint density at radius 1 is 1.39 bits per heavy atom. The third-order valence-electron chi connectivity index (χ3n) is 2.72. The fourth-order valence-corrected chi connectivity index (χ4v) is 1.65. The minimum Gasteiger partial charge on any atom is -0.497 e. The van der Waals surface area contributed by atoms with Crippen LogP contribution in [-0.2, 0) is 4.79 Å². The Labute approximate surface area is 107 Å². The number of aliphatic hydroxyl groups is 1. The van der Waals surface area contributed by atoms with Gasteiger partial charge < -0.3 is 19.9 Å². The van der Waals surface area contributed by atoms with E-state index in [1.54, 1.807) is 32.4 Å². The summed E-state index contributed by atoms with van der Waals surface area (Å²) in [6, 6.07) is 5.21. The zero-order valence-electron chi connectivity index (χ0n) is 10.9. The van der Waals surface area contributed by atoms with Crippen molar-refractivity contribution in [1.82, 2.24) is 5.32 Å². The molecule has 0 aliphatic rings. The molecule has 1 aromatic rings. The predicted octanol–water partition coefficient (Wildman–Crippen LogP) is 1.26. The second kappa shape index (κ2) is 6.86. The minimum absolute atomic E-state index is 0.101. The second-order valence-electron chi connectivity index (χ2n) is 3.84. The summed E-state index contributed by atoms with van der Waals surface area (Å²) in [5.41, 5.74) is 0.626. The number of methoxy groups -OCH3 is 2. The number of ether oxygens (including phenoxy) is 2. The third kappa shape index (κ3) is 3.63. The topological polar surface area (TPSA) is 67.8 Å². The number of aliphatic hydroxyl groups excluding tert-OH is 1. The summed E-state index contributed by atoms with van der Waals surface area (Å²) in [4.78, 5) is 11.1. The summed E-state index contributed by atoms with van der Waals surface area (Å²) in [5, 5.41) is 12.6. The van der Waals surface area contributed by atoms with Crippen molar-refractivity contribution in [3.8, 4) is 11.5 Å². The van der Waals surface area contributed by atoms with Crippen LogP contribution in [0.15, 0.2) is 18.2 Å². The number of benzene rings is 1. The van der Waals surface area contributed by atoms with Gasteiger partial charge in [-0.1, -0.05) is 0 Å². The maximum absolute atomic E-state index is 11.1. The lowest BCUT2D eigenvalue weighted by Crippen LogP contribution is -2.18. The standard InChI is InChI=1S/C13H19NO4/c1-14-13(16)7-5-11(15)10-8-9(17-2)4-6-12(10)18-3/h4,6,8,11,15H,5,7H2,1-3H3,(H,14,16). The minimum atomic E-state index is -0.757. The maximum Gasteiger partial charge on any atom is 0.219 e. The lowest BCUT2D eigenvalue weighted by molar-refractivity contribution is -0.121. The van der Waals surface area contributed by atoms with Crippen LogP contribution in [0.3, 0.4) is 0 Å². The summed E-state index contributed by atoms with van der Waals surface area (Å²) in [7, 11) is 4.67. The van der Waals surface area contributed by atoms with Gasteiger partial charge in [0.05, 0.1) is 20.3 Å². The summed E-state index contributed by atoms with van der Waals surface area (Å²) in [6.07, 6.45) is -0.159. The highest BCUT2D eigenvalue weighted by molar-refractivity contribution is 5.75. The number of carbonyl (C=O) groups is 1. The van der Waals surface area contributed by atoms with E-state index in [2.05, 4.69) is 5.32 Å². The van der Waals surface area contributed by atoms with Crippen LogP contribution in [0.2, 0.25) is 0 Å². The molecule has 0 saturated carbocycles. The Bertz CT molecular complexity index is 406. The molecule has 0 radical (unpaired) electrons. The molecule has 100 valence electrons. The van der Waals surface area contributed by atoms with Gasteiger partial charge in [0, 0.05) is 19.0 Å². The molecule has 5 nitrogen and oxygen atoms in total. The van der Waals surface area contributed by atoms with Gasteiger partial charge in [-0.3, -0.25) is 4.79 Å². The Morgan fingerprint density at radius 2 is 2.11 bits per heavy atom. The van der Waals surface area contributed by atoms with Crippen molar-refractivity contribution in [2.24, 2.45) is 0 Å². The van der Waals surface area contributed by atoms with Crippen LogP contribution in [0.1, 0.15) is 24.5 Å². The molecule has 1 rings (SSSR count). The van der Waals surface area contributed by atoms with Gasteiger partial charge in [-0.25, -0.2) is 0 Å². The van der Waals surface area contributed by atoms with Gasteiger partial charge >= 0.3 is 0 Å². The third-order valence-corrected chi connectivity index (χ3v) is 2.72. The second-order valence-corrected chi connectivity index (χ2v) is 3.84. The van der Waals surface area contributed by atoms with Crippen LogP contribution in [-0.4, -0.2) is 32.3 Å². The molecule has 18 heavy (non-hydrogen) atoms. The smallest absolute Gasteiger partial charge is 0.219 e. The van der Waals surface area contributed by atoms with E-state index in [4.69, 9.17) is 9.47 Å². The molecule has 1 atom stereocenters. The normalized spacial score (nSPS) is 11.8. The van der Waals surface area contributed by atoms with E-state index in [1.165, 1.54) is 7.11 Å². The first-order valence-electron chi connectivity index (χ1n) is 5.73. The van der Waals surface area contributed by atoms with E-state index in [-0.39, 0.29) is 12.3 Å². The van der Waals surface area contributed by atoms with Crippen molar-refractivity contribution >= 4 is 5.91 Å². The average molecular weight is 253 g/mol. The highest BCUT2D eigenvalue weighted by atomic mass is 16.5. The Kier molecular flexibility index (Phi) is 5.45. The van der Waals surface area contributed by atoms with Crippen LogP contribution < -0.4 is 14.8 Å². The van der Waals surface area contributed by atoms with Gasteiger partial charge in [0.25, 0.3) is 0 Å². The van der Waals surface area contributed by atoms with Crippen LogP contribution >= 0.6 is 0 Å². The molecule has 1 amide bonds. The first kappa shape index (κ1) is 14.3. The van der Waals surface area contributed by atoms with Crippen LogP contribution in [0.25, 0.3) is 0 Å². The summed E-state index contributed by atoms with van der Waals surface area (Å²) in [6.45, 7) is 0. The maximum atomic E-state index is 11.1. The Balaban J connectivity index is 2.82. The lowest BCUT2D eigenvalue weighted by atomic mass is 10.0. The number of amides is 1. The van der Waals surface area contributed by atoms with Crippen LogP contribution in [0, 0.1) is 0 Å². The molecule has 0 spiro atoms. The molecular weight excluding hydrogens is 234 g/mol. The zero-order valence-corrected chi connectivity index (χ0v) is 10.9. The van der Waals surface area contributed by atoms with Crippen LogP contribution in [0.5, 0.6) is 11.5 Å². The molecule has 0 aromatic heterocycles. The first-order valence-corrected chi connectivity index (χ1v) is 5.73. The zero-order chi connectivity index (χ0) is 13.5. The number of carbonyl (C=O) groups excluding carboxylic acids is 1. The summed E-state index contributed by atoms with van der Waals surface area (Å²) in [5.74, 6) is 1.13. The molecule has 5 heteroatoms. The quantitative estimate of drug-likeness (QED) is 0.801. The van der Waals surface area contributed by atoms with Crippen molar-refractivity contribution in [1.29, 1.82) is 0 Å². The summed E-state index contributed by atoms with van der Waals surface area (Å²) < 4.78 is 10.3. The molecule has 1 aromatic carbocycles. The van der Waals surface area contributed by atoms with E-state index in [0.717, 1.165) is 0 Å². The molecule has 0 fully saturated rings. The van der Waals surface area contributed by atoms with E-state index in [0.29, 0.717) is 23.5 Å². The van der Waals surface area contributed by atoms with E-state index < -0.39 is 6.10 Å². The van der Waals surface area contributed by atoms with Crippen LogP contribution in [0.4, 0.5) is 0 Å². The molecule has 0 bridgehead atoms. The first-order chi connectivity index (χ1) is 8.62.